The Bertz CT molecular complexity index is 1120. The fourth-order valence-corrected chi connectivity index (χ4v) is 4.51. The van der Waals surface area contributed by atoms with Crippen molar-refractivity contribution >= 4 is 10.1 Å². The van der Waals surface area contributed by atoms with Crippen molar-refractivity contribution in [2.75, 3.05) is 13.2 Å². The molecule has 0 N–H and O–H groups in total. The summed E-state index contributed by atoms with van der Waals surface area (Å²) in [6.45, 7) is 2.31. The van der Waals surface area contributed by atoms with Gasteiger partial charge in [0.05, 0.1) is 31.0 Å². The van der Waals surface area contributed by atoms with Crippen molar-refractivity contribution in [3.05, 3.63) is 84.2 Å². The highest BCUT2D eigenvalue weighted by atomic mass is 32.2. The SMILES string of the molecule is Cc1ccc(S(=O)(=O)OC[C@H]2CO[C@](CCc3ccc(F)cc3)(Cn3ccnc3)O2)cc1. The molecular weight excluding hydrogens is 435 g/mol. The lowest BCUT2D eigenvalue weighted by Crippen LogP contribution is -2.37. The van der Waals surface area contributed by atoms with Crippen LogP contribution in [0.2, 0.25) is 0 Å². The third-order valence-electron chi connectivity index (χ3n) is 5.32. The largest absolute Gasteiger partial charge is 0.345 e. The summed E-state index contributed by atoms with van der Waals surface area (Å²) < 4.78 is 57.5. The summed E-state index contributed by atoms with van der Waals surface area (Å²) in [5.41, 5.74) is 1.91. The standard InChI is InChI=1S/C23H25FN2O5S/c1-18-2-8-22(9-3-18)32(27,28)30-15-21-14-29-23(31-21,16-26-13-12-25-17-26)11-10-19-4-6-20(24)7-5-19/h2-9,12-13,17,21H,10-11,14-16H2,1H3/t21-,23+/m1/s1. The highest BCUT2D eigenvalue weighted by Gasteiger charge is 2.42. The van der Waals surface area contributed by atoms with Gasteiger partial charge < -0.3 is 14.0 Å². The van der Waals surface area contributed by atoms with Gasteiger partial charge in [-0.05, 0) is 43.2 Å². The van der Waals surface area contributed by atoms with E-state index in [0.29, 0.717) is 19.4 Å². The maximum Gasteiger partial charge on any atom is 0.297 e. The van der Waals surface area contributed by atoms with Crippen molar-refractivity contribution in [1.82, 2.24) is 9.55 Å². The topological polar surface area (TPSA) is 79.7 Å². The molecule has 1 aliphatic rings. The van der Waals surface area contributed by atoms with Crippen molar-refractivity contribution in [2.45, 2.75) is 43.1 Å². The van der Waals surface area contributed by atoms with E-state index in [1.165, 1.54) is 24.3 Å². The van der Waals surface area contributed by atoms with Gasteiger partial charge in [0, 0.05) is 18.8 Å². The minimum absolute atomic E-state index is 0.100. The number of rotatable bonds is 9. The molecule has 0 bridgehead atoms. The minimum atomic E-state index is -3.90. The van der Waals surface area contributed by atoms with Crippen LogP contribution in [0.3, 0.4) is 0 Å². The van der Waals surface area contributed by atoms with Crippen molar-refractivity contribution in [3.63, 3.8) is 0 Å². The van der Waals surface area contributed by atoms with Gasteiger partial charge in [-0.25, -0.2) is 9.37 Å². The van der Waals surface area contributed by atoms with E-state index in [1.54, 1.807) is 43.0 Å². The quantitative estimate of drug-likeness (QED) is 0.455. The summed E-state index contributed by atoms with van der Waals surface area (Å²) in [5.74, 6) is -1.27. The predicted octanol–water partition coefficient (Wildman–Crippen LogP) is 3.48. The summed E-state index contributed by atoms with van der Waals surface area (Å²) in [6, 6.07) is 12.8. The number of nitrogens with zero attached hydrogens (tertiary/aromatic N) is 2. The smallest absolute Gasteiger partial charge is 0.297 e. The van der Waals surface area contributed by atoms with Crippen LogP contribution in [-0.4, -0.2) is 43.1 Å². The monoisotopic (exact) mass is 460 g/mol. The molecule has 0 spiro atoms. The lowest BCUT2D eigenvalue weighted by atomic mass is 10.0. The van der Waals surface area contributed by atoms with E-state index in [9.17, 15) is 12.8 Å². The molecule has 1 fully saturated rings. The fraction of sp³-hybridized carbons (Fsp3) is 0.348. The Morgan fingerprint density at radius 1 is 1.19 bits per heavy atom. The van der Waals surface area contributed by atoms with E-state index in [0.717, 1.165) is 11.1 Å². The molecule has 0 saturated carbocycles. The van der Waals surface area contributed by atoms with Gasteiger partial charge in [0.2, 0.25) is 0 Å². The van der Waals surface area contributed by atoms with Crippen LogP contribution in [0.1, 0.15) is 17.5 Å². The summed E-state index contributed by atoms with van der Waals surface area (Å²) in [5, 5.41) is 0. The Morgan fingerprint density at radius 2 is 1.94 bits per heavy atom. The van der Waals surface area contributed by atoms with Crippen LogP contribution in [0, 0.1) is 12.7 Å². The van der Waals surface area contributed by atoms with Crippen molar-refractivity contribution in [3.8, 4) is 0 Å². The average Bonchev–Trinajstić information content (AvgIpc) is 3.43. The zero-order valence-electron chi connectivity index (χ0n) is 17.7. The van der Waals surface area contributed by atoms with Crippen LogP contribution in [0.15, 0.2) is 72.1 Å². The van der Waals surface area contributed by atoms with Crippen LogP contribution in [-0.2, 0) is 36.7 Å². The van der Waals surface area contributed by atoms with Crippen LogP contribution in [0.5, 0.6) is 0 Å². The lowest BCUT2D eigenvalue weighted by molar-refractivity contribution is -0.184. The average molecular weight is 461 g/mol. The van der Waals surface area contributed by atoms with Crippen molar-refractivity contribution in [2.24, 2.45) is 0 Å². The van der Waals surface area contributed by atoms with E-state index in [1.807, 2.05) is 11.5 Å². The molecule has 0 radical (unpaired) electrons. The van der Waals surface area contributed by atoms with E-state index in [2.05, 4.69) is 4.98 Å². The number of hydrogen-bond acceptors (Lipinski definition) is 6. The molecule has 2 atom stereocenters. The summed E-state index contributed by atoms with van der Waals surface area (Å²) in [7, 11) is -3.90. The van der Waals surface area contributed by atoms with E-state index in [4.69, 9.17) is 13.7 Å². The molecule has 7 nitrogen and oxygen atoms in total. The van der Waals surface area contributed by atoms with Gasteiger partial charge >= 0.3 is 0 Å². The van der Waals surface area contributed by atoms with Gasteiger partial charge in [0.1, 0.15) is 11.9 Å². The van der Waals surface area contributed by atoms with E-state index in [-0.39, 0.29) is 23.9 Å². The minimum Gasteiger partial charge on any atom is -0.345 e. The molecule has 9 heteroatoms. The zero-order valence-corrected chi connectivity index (χ0v) is 18.5. The fourth-order valence-electron chi connectivity index (χ4n) is 3.57. The Balaban J connectivity index is 1.42. The normalized spacial score (nSPS) is 21.1. The molecule has 0 amide bonds. The zero-order chi connectivity index (χ0) is 22.6. The third kappa shape index (κ3) is 5.60. The van der Waals surface area contributed by atoms with Crippen LogP contribution in [0.25, 0.3) is 0 Å². The molecule has 170 valence electrons. The second kappa shape index (κ2) is 9.50. The summed E-state index contributed by atoms with van der Waals surface area (Å²) >= 11 is 0. The molecule has 4 rings (SSSR count). The number of aryl methyl sites for hydroxylation is 2. The van der Waals surface area contributed by atoms with Gasteiger partial charge in [0.15, 0.2) is 5.79 Å². The Hall–Kier alpha value is -2.59. The summed E-state index contributed by atoms with van der Waals surface area (Å²) in [4.78, 5) is 4.16. The molecule has 32 heavy (non-hydrogen) atoms. The van der Waals surface area contributed by atoms with Gasteiger partial charge in [0.25, 0.3) is 10.1 Å². The number of hydrogen-bond donors (Lipinski definition) is 0. The van der Waals surface area contributed by atoms with Crippen molar-refractivity contribution in [1.29, 1.82) is 0 Å². The number of ether oxygens (including phenoxy) is 2. The first-order valence-electron chi connectivity index (χ1n) is 10.3. The number of imidazole rings is 1. The Kier molecular flexibility index (Phi) is 6.71. The third-order valence-corrected chi connectivity index (χ3v) is 6.62. The Morgan fingerprint density at radius 3 is 2.62 bits per heavy atom. The molecule has 1 aromatic heterocycles. The maximum atomic E-state index is 13.2. The second-order valence-corrected chi connectivity index (χ2v) is 9.49. The first-order chi connectivity index (χ1) is 15.3. The van der Waals surface area contributed by atoms with Gasteiger partial charge in [-0.2, -0.15) is 8.42 Å². The van der Waals surface area contributed by atoms with E-state index >= 15 is 0 Å². The maximum absolute atomic E-state index is 13.2. The molecule has 0 unspecified atom stereocenters. The highest BCUT2D eigenvalue weighted by Crippen LogP contribution is 2.31. The molecule has 0 aliphatic carbocycles. The number of aromatic nitrogens is 2. The molecule has 2 heterocycles. The molecule has 1 saturated heterocycles. The van der Waals surface area contributed by atoms with Crippen LogP contribution in [0.4, 0.5) is 4.39 Å². The van der Waals surface area contributed by atoms with Crippen molar-refractivity contribution < 1.29 is 26.5 Å². The molecular formula is C23H25FN2O5S. The summed E-state index contributed by atoms with van der Waals surface area (Å²) in [6.07, 6.45) is 5.68. The van der Waals surface area contributed by atoms with Gasteiger partial charge in [-0.1, -0.05) is 29.8 Å². The van der Waals surface area contributed by atoms with Crippen LogP contribution < -0.4 is 0 Å². The second-order valence-electron chi connectivity index (χ2n) is 7.87. The van der Waals surface area contributed by atoms with Gasteiger partial charge in [-0.3, -0.25) is 4.18 Å². The number of benzene rings is 2. The molecule has 1 aliphatic heterocycles. The number of halogens is 1. The highest BCUT2D eigenvalue weighted by molar-refractivity contribution is 7.86. The first kappa shape index (κ1) is 22.6. The molecule has 2 aromatic carbocycles. The Labute approximate surface area is 186 Å². The van der Waals surface area contributed by atoms with Crippen LogP contribution >= 0.6 is 0 Å². The predicted molar refractivity (Wildman–Crippen MR) is 115 cm³/mol. The first-order valence-corrected chi connectivity index (χ1v) is 11.7. The molecule has 3 aromatic rings. The van der Waals surface area contributed by atoms with Gasteiger partial charge in [-0.15, -0.1) is 0 Å². The van der Waals surface area contributed by atoms with E-state index < -0.39 is 22.0 Å². The lowest BCUT2D eigenvalue weighted by Gasteiger charge is -2.28.